The molecule has 2 bridgehead atoms. The summed E-state index contributed by atoms with van der Waals surface area (Å²) in [5, 5.41) is 13.8. The third-order valence-corrected chi connectivity index (χ3v) is 7.19. The van der Waals surface area contributed by atoms with E-state index in [2.05, 4.69) is 11.0 Å². The van der Waals surface area contributed by atoms with Gasteiger partial charge in [0.05, 0.1) is 30.7 Å². The number of ether oxygens (including phenoxy) is 1. The largest absolute Gasteiger partial charge is 0.457 e. The maximum Gasteiger partial charge on any atom is 0.311 e. The summed E-state index contributed by atoms with van der Waals surface area (Å²) >= 11 is 13.6. The molecule has 140 valence electrons. The van der Waals surface area contributed by atoms with Gasteiger partial charge >= 0.3 is 5.97 Å². The zero-order valence-electron chi connectivity index (χ0n) is 14.2. The van der Waals surface area contributed by atoms with Gasteiger partial charge in [-0.2, -0.15) is 0 Å². The van der Waals surface area contributed by atoms with Crippen molar-refractivity contribution in [3.05, 3.63) is 51.7 Å². The third-order valence-electron chi connectivity index (χ3n) is 5.65. The van der Waals surface area contributed by atoms with Gasteiger partial charge in [0, 0.05) is 15.6 Å². The molecule has 27 heavy (non-hydrogen) atoms. The number of carbonyl (C=O) groups excluding carboxylic acids is 1. The van der Waals surface area contributed by atoms with Crippen molar-refractivity contribution in [3.8, 4) is 0 Å². The number of anilines is 1. The number of hydrogen-bond acceptors (Lipinski definition) is 5. The second-order valence-corrected chi connectivity index (χ2v) is 8.96. The van der Waals surface area contributed by atoms with Crippen LogP contribution < -0.4 is 4.90 Å². The zero-order valence-corrected chi connectivity index (χ0v) is 16.6. The first-order valence-corrected chi connectivity index (χ1v) is 10.5. The Morgan fingerprint density at radius 3 is 2.74 bits per heavy atom. The van der Waals surface area contributed by atoms with Crippen molar-refractivity contribution < 1.29 is 14.6 Å². The van der Waals surface area contributed by atoms with Crippen LogP contribution in [0.1, 0.15) is 11.3 Å². The van der Waals surface area contributed by atoms with Gasteiger partial charge in [0.1, 0.15) is 6.10 Å². The number of benzene rings is 1. The van der Waals surface area contributed by atoms with Crippen LogP contribution in [0.15, 0.2) is 41.8 Å². The molecule has 4 aliphatic rings. The summed E-state index contributed by atoms with van der Waals surface area (Å²) in [7, 11) is 0. The van der Waals surface area contributed by atoms with Gasteiger partial charge in [-0.3, -0.25) is 4.79 Å². The molecule has 1 saturated carbocycles. The second kappa shape index (κ2) is 6.44. The smallest absolute Gasteiger partial charge is 0.311 e. The van der Waals surface area contributed by atoms with Crippen molar-refractivity contribution in [3.63, 3.8) is 0 Å². The van der Waals surface area contributed by atoms with Crippen molar-refractivity contribution >= 4 is 51.9 Å². The minimum Gasteiger partial charge on any atom is -0.457 e. The van der Waals surface area contributed by atoms with Crippen molar-refractivity contribution in [1.29, 1.82) is 0 Å². The number of thiophene rings is 1. The Labute approximate surface area is 171 Å². The van der Waals surface area contributed by atoms with Crippen LogP contribution in [0.2, 0.25) is 5.02 Å². The maximum absolute atomic E-state index is 12.5. The lowest BCUT2D eigenvalue weighted by Crippen LogP contribution is -2.66. The molecule has 1 aliphatic carbocycles. The van der Waals surface area contributed by atoms with E-state index >= 15 is 0 Å². The molecule has 3 saturated heterocycles. The normalized spacial score (nSPS) is 32.0. The summed E-state index contributed by atoms with van der Waals surface area (Å²) in [5.74, 6) is -0.650. The van der Waals surface area contributed by atoms with Gasteiger partial charge < -0.3 is 19.6 Å². The molecule has 3 aliphatic heterocycles. The van der Waals surface area contributed by atoms with Crippen LogP contribution in [-0.2, 0) is 16.1 Å². The van der Waals surface area contributed by atoms with E-state index in [1.54, 1.807) is 11.3 Å². The van der Waals surface area contributed by atoms with Crippen molar-refractivity contribution in [1.82, 2.24) is 4.90 Å². The Morgan fingerprint density at radius 2 is 2.04 bits per heavy atom. The quantitative estimate of drug-likeness (QED) is 0.608. The van der Waals surface area contributed by atoms with E-state index in [0.717, 1.165) is 5.69 Å². The Morgan fingerprint density at radius 1 is 1.26 bits per heavy atom. The molecule has 0 radical (unpaired) electrons. The van der Waals surface area contributed by atoms with Gasteiger partial charge in [0.15, 0.2) is 5.11 Å². The van der Waals surface area contributed by atoms with Gasteiger partial charge in [-0.25, -0.2) is 0 Å². The fourth-order valence-electron chi connectivity index (χ4n) is 4.51. The molecule has 1 aromatic heterocycles. The van der Waals surface area contributed by atoms with Crippen molar-refractivity contribution in [2.75, 3.05) is 4.90 Å². The summed E-state index contributed by atoms with van der Waals surface area (Å²) in [4.78, 5) is 17.8. The van der Waals surface area contributed by atoms with Gasteiger partial charge in [0.2, 0.25) is 0 Å². The first kappa shape index (κ1) is 17.4. The van der Waals surface area contributed by atoms with Crippen LogP contribution in [0.3, 0.4) is 0 Å². The first-order valence-electron chi connectivity index (χ1n) is 8.81. The molecule has 6 rings (SSSR count). The number of rotatable bonds is 3. The summed E-state index contributed by atoms with van der Waals surface area (Å²) in [6, 6.07) is 11.3. The lowest BCUT2D eigenvalue weighted by molar-refractivity contribution is -0.194. The summed E-state index contributed by atoms with van der Waals surface area (Å²) < 4.78 is 5.58. The standard InChI is InChI=1S/C19H17ClN2O3S2/c20-10-3-5-11(6-4-10)22-15-13-8-14(23)17(25-18(13)24)16(15)21(19(22)26)9-12-2-1-7-27-12/h1-7,13-17,23H,8-9H2/t13-,14+,15+,16+,17-/m0/s1. The van der Waals surface area contributed by atoms with Gasteiger partial charge in [-0.1, -0.05) is 17.7 Å². The average Bonchev–Trinajstić information content (AvgIpc) is 3.25. The van der Waals surface area contributed by atoms with E-state index in [9.17, 15) is 9.90 Å². The SMILES string of the molecule is O=C1O[C@@H]2[C@H]3[C@@H]([C@@H]1C[C@H]2O)N(c1ccc(Cl)cc1)C(=S)N3Cc1cccs1. The first-order chi connectivity index (χ1) is 13.0. The highest BCUT2D eigenvalue weighted by molar-refractivity contribution is 7.80. The number of nitrogens with zero attached hydrogens (tertiary/aromatic N) is 2. The highest BCUT2D eigenvalue weighted by atomic mass is 35.5. The number of carbonyl (C=O) groups is 1. The third kappa shape index (κ3) is 2.68. The molecule has 4 heterocycles. The summed E-state index contributed by atoms with van der Waals surface area (Å²) in [6.07, 6.45) is -0.819. The Kier molecular flexibility index (Phi) is 4.16. The molecule has 1 aromatic carbocycles. The van der Waals surface area contributed by atoms with Crippen LogP contribution in [-0.4, -0.2) is 45.4 Å². The number of aliphatic hydroxyl groups is 1. The predicted octanol–water partition coefficient (Wildman–Crippen LogP) is 3.05. The van der Waals surface area contributed by atoms with Gasteiger partial charge in [-0.05, 0) is 54.4 Å². The number of esters is 1. The lowest BCUT2D eigenvalue weighted by Gasteiger charge is -2.49. The van der Waals surface area contributed by atoms with E-state index in [1.807, 2.05) is 40.6 Å². The van der Waals surface area contributed by atoms with Gasteiger partial charge in [0.25, 0.3) is 0 Å². The fourth-order valence-corrected chi connectivity index (χ4v) is 5.76. The molecule has 8 heteroatoms. The van der Waals surface area contributed by atoms with Crippen LogP contribution >= 0.6 is 35.2 Å². The molecule has 4 fully saturated rings. The van der Waals surface area contributed by atoms with Crippen molar-refractivity contribution in [2.45, 2.75) is 37.3 Å². The number of hydrogen-bond donors (Lipinski definition) is 1. The van der Waals surface area contributed by atoms with E-state index in [4.69, 9.17) is 28.6 Å². The minimum atomic E-state index is -0.659. The van der Waals surface area contributed by atoms with Crippen molar-refractivity contribution in [2.24, 2.45) is 5.92 Å². The van der Waals surface area contributed by atoms with E-state index in [1.165, 1.54) is 4.88 Å². The molecular weight excluding hydrogens is 404 g/mol. The van der Waals surface area contributed by atoms with E-state index in [0.29, 0.717) is 23.1 Å². The summed E-state index contributed by atoms with van der Waals surface area (Å²) in [5.41, 5.74) is 0.905. The highest BCUT2D eigenvalue weighted by Crippen LogP contribution is 2.46. The Hall–Kier alpha value is -1.67. The number of fused-ring (bicyclic) bond motifs is 2. The molecule has 1 N–H and O–H groups in total. The molecule has 2 aromatic rings. The fraction of sp³-hybridized carbons (Fsp3) is 0.368. The number of halogens is 1. The molecule has 5 nitrogen and oxygen atoms in total. The van der Waals surface area contributed by atoms with Crippen LogP contribution in [0, 0.1) is 5.92 Å². The zero-order chi connectivity index (χ0) is 18.7. The highest BCUT2D eigenvalue weighted by Gasteiger charge is 2.62. The van der Waals surface area contributed by atoms with Crippen LogP contribution in [0.4, 0.5) is 5.69 Å². The molecule has 0 amide bonds. The van der Waals surface area contributed by atoms with Gasteiger partial charge in [-0.15, -0.1) is 11.3 Å². The second-order valence-electron chi connectivity index (χ2n) is 7.13. The lowest BCUT2D eigenvalue weighted by atomic mass is 9.74. The molecular formula is C19H17ClN2O3S2. The Bertz CT molecular complexity index is 889. The Balaban J connectivity index is 1.58. The summed E-state index contributed by atoms with van der Waals surface area (Å²) in [6.45, 7) is 0.634. The van der Waals surface area contributed by atoms with E-state index in [-0.39, 0.29) is 18.1 Å². The average molecular weight is 421 g/mol. The van der Waals surface area contributed by atoms with E-state index < -0.39 is 18.1 Å². The minimum absolute atomic E-state index is 0.145. The van der Waals surface area contributed by atoms with Crippen LogP contribution in [0.25, 0.3) is 0 Å². The number of aliphatic hydroxyl groups excluding tert-OH is 1. The number of thiocarbonyl (C=S) groups is 1. The predicted molar refractivity (Wildman–Crippen MR) is 108 cm³/mol. The van der Waals surface area contributed by atoms with Crippen LogP contribution in [0.5, 0.6) is 0 Å². The molecule has 0 spiro atoms. The molecule has 0 unspecified atom stereocenters. The topological polar surface area (TPSA) is 53.0 Å². The maximum atomic E-state index is 12.5. The molecule has 5 atom stereocenters. The monoisotopic (exact) mass is 420 g/mol.